The Morgan fingerprint density at radius 3 is 2.24 bits per heavy atom. The van der Waals surface area contributed by atoms with Crippen LogP contribution in [0, 0.1) is 0 Å². The number of rotatable bonds is 1. The largest absolute Gasteiger partial charge is 0.499 e. The van der Waals surface area contributed by atoms with Gasteiger partial charge in [0.2, 0.25) is 0 Å². The lowest BCUT2D eigenvalue weighted by Crippen LogP contribution is -2.41. The number of halogens is 1. The second-order valence-electron chi connectivity index (χ2n) is 5.18. The van der Waals surface area contributed by atoms with Gasteiger partial charge in [-0.2, -0.15) is 0 Å². The first-order valence-corrected chi connectivity index (χ1v) is 6.29. The number of hydrogen-bond acceptors (Lipinski definition) is 4. The van der Waals surface area contributed by atoms with Gasteiger partial charge in [-0.1, -0.05) is 15.9 Å². The summed E-state index contributed by atoms with van der Waals surface area (Å²) in [6.45, 7) is 8.03. The van der Waals surface area contributed by atoms with Gasteiger partial charge in [-0.05, 0) is 33.8 Å². The summed E-state index contributed by atoms with van der Waals surface area (Å²) in [5.74, 6) is 0.429. The summed E-state index contributed by atoms with van der Waals surface area (Å²) in [7, 11) is -0.483. The van der Waals surface area contributed by atoms with Gasteiger partial charge >= 0.3 is 7.12 Å². The van der Waals surface area contributed by atoms with Gasteiger partial charge in [0.25, 0.3) is 0 Å². The Morgan fingerprint density at radius 2 is 1.76 bits per heavy atom. The van der Waals surface area contributed by atoms with Crippen LogP contribution in [-0.4, -0.2) is 23.3 Å². The fourth-order valence-corrected chi connectivity index (χ4v) is 2.17. The van der Waals surface area contributed by atoms with Crippen LogP contribution in [0.5, 0.6) is 0 Å². The summed E-state index contributed by atoms with van der Waals surface area (Å²) in [4.78, 5) is 4.07. The number of hydrogen-bond donors (Lipinski definition) is 1. The summed E-state index contributed by atoms with van der Waals surface area (Å²) in [5, 5.41) is 0. The molecule has 2 heterocycles. The highest BCUT2D eigenvalue weighted by Crippen LogP contribution is 2.37. The molecule has 4 nitrogen and oxygen atoms in total. The normalized spacial score (nSPS) is 21.8. The quantitative estimate of drug-likeness (QED) is 0.802. The van der Waals surface area contributed by atoms with Gasteiger partial charge in [-0.15, -0.1) is 0 Å². The molecule has 2 N–H and O–H groups in total. The molecule has 0 radical (unpaired) electrons. The molecule has 17 heavy (non-hydrogen) atoms. The fourth-order valence-electron chi connectivity index (χ4n) is 1.66. The van der Waals surface area contributed by atoms with Gasteiger partial charge in [-0.3, -0.25) is 0 Å². The minimum atomic E-state index is -0.483. The Balaban J connectivity index is 2.39. The smallest absolute Gasteiger partial charge is 0.399 e. The second-order valence-corrected chi connectivity index (χ2v) is 6.03. The van der Waals surface area contributed by atoms with E-state index in [-0.39, 0.29) is 11.2 Å². The molecule has 0 aromatic carbocycles. The molecular formula is C11H16BBrN2O2. The van der Waals surface area contributed by atoms with Crippen molar-refractivity contribution in [2.24, 2.45) is 0 Å². The van der Waals surface area contributed by atoms with Crippen LogP contribution in [0.3, 0.4) is 0 Å². The molecule has 2 rings (SSSR count). The van der Waals surface area contributed by atoms with Crippen LogP contribution < -0.4 is 11.2 Å². The molecule has 1 aliphatic rings. The van der Waals surface area contributed by atoms with Crippen molar-refractivity contribution in [2.75, 3.05) is 5.73 Å². The molecule has 92 valence electrons. The van der Waals surface area contributed by atoms with E-state index in [0.717, 1.165) is 9.94 Å². The van der Waals surface area contributed by atoms with Gasteiger partial charge < -0.3 is 15.0 Å². The maximum absolute atomic E-state index is 5.94. The topological polar surface area (TPSA) is 57.4 Å². The Kier molecular flexibility index (Phi) is 3.00. The average molecular weight is 299 g/mol. The third-order valence-electron chi connectivity index (χ3n) is 3.46. The Morgan fingerprint density at radius 1 is 1.24 bits per heavy atom. The number of pyridine rings is 1. The lowest BCUT2D eigenvalue weighted by Gasteiger charge is -2.32. The molecule has 0 unspecified atom stereocenters. The number of nitrogens with zero attached hydrogens (tertiary/aromatic N) is 1. The van der Waals surface area contributed by atoms with Crippen molar-refractivity contribution >= 4 is 34.3 Å². The Bertz CT molecular complexity index is 415. The van der Waals surface area contributed by atoms with E-state index in [0.29, 0.717) is 5.82 Å². The molecule has 0 saturated carbocycles. The third kappa shape index (κ3) is 2.09. The Labute approximate surface area is 110 Å². The maximum atomic E-state index is 5.94. The predicted octanol–water partition coefficient (Wildman–Crippen LogP) is 1.73. The van der Waals surface area contributed by atoms with Crippen LogP contribution >= 0.6 is 15.9 Å². The predicted molar refractivity (Wildman–Crippen MR) is 72.1 cm³/mol. The van der Waals surface area contributed by atoms with E-state index in [2.05, 4.69) is 20.9 Å². The first-order valence-electron chi connectivity index (χ1n) is 5.50. The standard InChI is InChI=1S/C11H16BBrN2O2/c1-10(2)11(3,4)17-12(16-10)8-7(13)5-6-15-9(8)14/h5-6H,1-4H3,(H2,14,15). The number of nitrogen functional groups attached to an aromatic ring is 1. The van der Waals surface area contributed by atoms with Crippen LogP contribution in [0.4, 0.5) is 5.82 Å². The lowest BCUT2D eigenvalue weighted by atomic mass is 9.79. The van der Waals surface area contributed by atoms with Crippen molar-refractivity contribution < 1.29 is 9.31 Å². The molecule has 0 bridgehead atoms. The highest BCUT2D eigenvalue weighted by molar-refractivity contribution is 9.10. The summed E-state index contributed by atoms with van der Waals surface area (Å²) < 4.78 is 12.7. The van der Waals surface area contributed by atoms with E-state index in [1.165, 1.54) is 0 Å². The molecule has 0 atom stereocenters. The minimum Gasteiger partial charge on any atom is -0.399 e. The maximum Gasteiger partial charge on any atom is 0.499 e. The van der Waals surface area contributed by atoms with Gasteiger partial charge in [0.1, 0.15) is 5.82 Å². The first-order chi connectivity index (χ1) is 7.74. The van der Waals surface area contributed by atoms with E-state index in [4.69, 9.17) is 15.0 Å². The molecule has 1 fully saturated rings. The number of aromatic nitrogens is 1. The summed E-state index contributed by atoms with van der Waals surface area (Å²) in [6.07, 6.45) is 1.65. The molecule has 1 aliphatic heterocycles. The van der Waals surface area contributed by atoms with Gasteiger partial charge in [0.05, 0.1) is 11.2 Å². The zero-order chi connectivity index (χ0) is 12.8. The van der Waals surface area contributed by atoms with Crippen molar-refractivity contribution in [3.05, 3.63) is 16.7 Å². The molecule has 0 spiro atoms. The zero-order valence-corrected chi connectivity index (χ0v) is 12.0. The summed E-state index contributed by atoms with van der Waals surface area (Å²) >= 11 is 3.45. The SMILES string of the molecule is CC1(C)OB(c2c(Br)ccnc2N)OC1(C)C. The number of anilines is 1. The van der Waals surface area contributed by atoms with Crippen LogP contribution in [0.1, 0.15) is 27.7 Å². The van der Waals surface area contributed by atoms with Gasteiger partial charge in [-0.25, -0.2) is 4.98 Å². The highest BCUT2D eigenvalue weighted by atomic mass is 79.9. The van der Waals surface area contributed by atoms with Gasteiger partial charge in [0.15, 0.2) is 0 Å². The molecular weight excluding hydrogens is 283 g/mol. The van der Waals surface area contributed by atoms with Crippen molar-refractivity contribution in [1.29, 1.82) is 0 Å². The van der Waals surface area contributed by atoms with Crippen molar-refractivity contribution in [1.82, 2.24) is 4.98 Å². The molecule has 0 aliphatic carbocycles. The number of nitrogens with two attached hydrogens (primary N) is 1. The van der Waals surface area contributed by atoms with Crippen LogP contribution in [0.15, 0.2) is 16.7 Å². The van der Waals surface area contributed by atoms with Crippen LogP contribution in [0.2, 0.25) is 0 Å². The summed E-state index contributed by atoms with van der Waals surface area (Å²) in [6, 6.07) is 1.83. The summed E-state index contributed by atoms with van der Waals surface area (Å²) in [5.41, 5.74) is 5.88. The minimum absolute atomic E-state index is 0.376. The van der Waals surface area contributed by atoms with Crippen molar-refractivity contribution in [3.63, 3.8) is 0 Å². The molecule has 0 amide bonds. The highest BCUT2D eigenvalue weighted by Gasteiger charge is 2.52. The molecule has 1 aromatic heterocycles. The van der Waals surface area contributed by atoms with E-state index in [1.54, 1.807) is 6.20 Å². The molecule has 1 aromatic rings. The molecule has 1 saturated heterocycles. The third-order valence-corrected chi connectivity index (χ3v) is 4.15. The van der Waals surface area contributed by atoms with E-state index < -0.39 is 7.12 Å². The van der Waals surface area contributed by atoms with E-state index in [9.17, 15) is 0 Å². The van der Waals surface area contributed by atoms with Crippen molar-refractivity contribution in [3.8, 4) is 0 Å². The van der Waals surface area contributed by atoms with Crippen LogP contribution in [-0.2, 0) is 9.31 Å². The average Bonchev–Trinajstić information content (AvgIpc) is 2.35. The van der Waals surface area contributed by atoms with Crippen molar-refractivity contribution in [2.45, 2.75) is 38.9 Å². The second kappa shape index (κ2) is 3.97. The fraction of sp³-hybridized carbons (Fsp3) is 0.545. The zero-order valence-electron chi connectivity index (χ0n) is 10.5. The first kappa shape index (κ1) is 12.9. The van der Waals surface area contributed by atoms with Crippen LogP contribution in [0.25, 0.3) is 0 Å². The van der Waals surface area contributed by atoms with Gasteiger partial charge in [0, 0.05) is 16.1 Å². The van der Waals surface area contributed by atoms with E-state index in [1.807, 2.05) is 33.8 Å². The molecule has 6 heteroatoms. The monoisotopic (exact) mass is 298 g/mol. The van der Waals surface area contributed by atoms with E-state index >= 15 is 0 Å². The lowest BCUT2D eigenvalue weighted by molar-refractivity contribution is 0.00578. The Hall–Kier alpha value is -0.585.